The van der Waals surface area contributed by atoms with Crippen LogP contribution in [0.25, 0.3) is 0 Å². The van der Waals surface area contributed by atoms with E-state index in [9.17, 15) is 8.42 Å². The molecule has 16 heavy (non-hydrogen) atoms. The topological polar surface area (TPSA) is 37.4 Å². The van der Waals surface area contributed by atoms with E-state index in [2.05, 4.69) is 15.9 Å². The Morgan fingerprint density at radius 3 is 2.50 bits per heavy atom. The molecule has 3 nitrogen and oxygen atoms in total. The smallest absolute Gasteiger partial charge is 0.206 e. The molecule has 1 aromatic rings. The minimum atomic E-state index is -3.34. The first kappa shape index (κ1) is 14.2. The average molecular weight is 326 g/mol. The number of halogens is 1. The first-order chi connectivity index (χ1) is 7.45. The quantitative estimate of drug-likeness (QED) is 0.832. The van der Waals surface area contributed by atoms with Crippen molar-refractivity contribution in [2.45, 2.75) is 37.4 Å². The Morgan fingerprint density at radius 1 is 1.50 bits per heavy atom. The summed E-state index contributed by atoms with van der Waals surface area (Å²) in [5, 5.41) is 1.78. The van der Waals surface area contributed by atoms with E-state index >= 15 is 0 Å². The minimum absolute atomic E-state index is 0.0315. The van der Waals surface area contributed by atoms with E-state index in [4.69, 9.17) is 0 Å². The van der Waals surface area contributed by atoms with E-state index in [1.807, 2.05) is 20.8 Å². The van der Waals surface area contributed by atoms with Gasteiger partial charge in [-0.3, -0.25) is 0 Å². The van der Waals surface area contributed by atoms with Gasteiger partial charge < -0.3 is 0 Å². The van der Waals surface area contributed by atoms with Crippen LogP contribution in [0.2, 0.25) is 0 Å². The highest BCUT2D eigenvalue weighted by Gasteiger charge is 2.29. The van der Waals surface area contributed by atoms with Crippen LogP contribution in [0.15, 0.2) is 20.1 Å². The number of sulfonamides is 1. The molecule has 0 N–H and O–H groups in total. The molecule has 0 amide bonds. The second-order valence-corrected chi connectivity index (χ2v) is 7.38. The summed E-state index contributed by atoms with van der Waals surface area (Å²) in [6.45, 7) is 6.29. The van der Waals surface area contributed by atoms with Crippen molar-refractivity contribution >= 4 is 37.3 Å². The van der Waals surface area contributed by atoms with Crippen molar-refractivity contribution in [3.8, 4) is 0 Å². The highest BCUT2D eigenvalue weighted by Crippen LogP contribution is 2.31. The van der Waals surface area contributed by atoms with Crippen LogP contribution in [0.3, 0.4) is 0 Å². The van der Waals surface area contributed by atoms with Crippen molar-refractivity contribution in [2.24, 2.45) is 0 Å². The second-order valence-electron chi connectivity index (χ2n) is 3.52. The Hall–Kier alpha value is 0.0900. The third-order valence-corrected chi connectivity index (χ3v) is 7.26. The van der Waals surface area contributed by atoms with Gasteiger partial charge in [0.1, 0.15) is 4.21 Å². The Kier molecular flexibility index (Phi) is 4.97. The fourth-order valence-electron chi connectivity index (χ4n) is 1.49. The molecule has 0 aliphatic carbocycles. The Labute approximate surface area is 110 Å². The summed E-state index contributed by atoms with van der Waals surface area (Å²) in [7, 11) is -3.34. The molecule has 1 aromatic heterocycles. The van der Waals surface area contributed by atoms with Crippen molar-refractivity contribution in [1.82, 2.24) is 4.31 Å². The zero-order chi connectivity index (χ0) is 12.3. The van der Waals surface area contributed by atoms with Gasteiger partial charge in [-0.05, 0) is 40.7 Å². The van der Waals surface area contributed by atoms with Crippen LogP contribution in [-0.4, -0.2) is 25.3 Å². The maximum Gasteiger partial charge on any atom is 0.253 e. The SMILES string of the molecule is CCC(C)N(CC)S(=O)(=O)c1sccc1Br. The van der Waals surface area contributed by atoms with E-state index in [-0.39, 0.29) is 6.04 Å². The molecular formula is C10H16BrNO2S2. The summed E-state index contributed by atoms with van der Waals surface area (Å²) in [6.07, 6.45) is 0.816. The standard InChI is InChI=1S/C10H16BrNO2S2/c1-4-8(3)12(5-2)16(13,14)10-9(11)6-7-15-10/h6-8H,4-5H2,1-3H3. The van der Waals surface area contributed by atoms with Crippen molar-refractivity contribution in [2.75, 3.05) is 6.54 Å². The molecule has 0 radical (unpaired) electrons. The lowest BCUT2D eigenvalue weighted by Crippen LogP contribution is -2.37. The monoisotopic (exact) mass is 325 g/mol. The molecule has 0 aliphatic rings. The fraction of sp³-hybridized carbons (Fsp3) is 0.600. The molecule has 0 bridgehead atoms. The zero-order valence-electron chi connectivity index (χ0n) is 9.60. The van der Waals surface area contributed by atoms with Gasteiger partial charge in [0.2, 0.25) is 0 Å². The number of hydrogen-bond acceptors (Lipinski definition) is 3. The summed E-state index contributed by atoms with van der Waals surface area (Å²) < 4.78 is 27.3. The van der Waals surface area contributed by atoms with Gasteiger partial charge in [-0.1, -0.05) is 13.8 Å². The predicted octanol–water partition coefficient (Wildman–Crippen LogP) is 3.32. The molecule has 0 fully saturated rings. The Bertz CT molecular complexity index is 441. The predicted molar refractivity (Wildman–Crippen MR) is 71.3 cm³/mol. The van der Waals surface area contributed by atoms with Gasteiger partial charge in [0, 0.05) is 17.1 Å². The zero-order valence-corrected chi connectivity index (χ0v) is 12.8. The molecule has 0 aromatic carbocycles. The van der Waals surface area contributed by atoms with Crippen LogP contribution in [0.5, 0.6) is 0 Å². The lowest BCUT2D eigenvalue weighted by Gasteiger charge is -2.25. The van der Waals surface area contributed by atoms with Gasteiger partial charge in [-0.2, -0.15) is 4.31 Å². The van der Waals surface area contributed by atoms with Crippen molar-refractivity contribution in [3.05, 3.63) is 15.9 Å². The molecule has 6 heteroatoms. The lowest BCUT2D eigenvalue weighted by molar-refractivity contribution is 0.343. The largest absolute Gasteiger partial charge is 0.253 e. The lowest BCUT2D eigenvalue weighted by atomic mass is 10.3. The highest BCUT2D eigenvalue weighted by atomic mass is 79.9. The fourth-order valence-corrected chi connectivity index (χ4v) is 5.63. The molecule has 0 spiro atoms. The molecule has 1 atom stereocenters. The first-order valence-electron chi connectivity index (χ1n) is 5.20. The summed E-state index contributed by atoms with van der Waals surface area (Å²) >= 11 is 4.53. The van der Waals surface area contributed by atoms with Crippen LogP contribution in [0.1, 0.15) is 27.2 Å². The van der Waals surface area contributed by atoms with Gasteiger partial charge in [0.15, 0.2) is 0 Å². The summed E-state index contributed by atoms with van der Waals surface area (Å²) in [5.74, 6) is 0. The molecule has 0 saturated carbocycles. The molecule has 92 valence electrons. The minimum Gasteiger partial charge on any atom is -0.206 e. The van der Waals surface area contributed by atoms with Crippen LogP contribution < -0.4 is 0 Å². The van der Waals surface area contributed by atoms with Crippen LogP contribution in [0.4, 0.5) is 0 Å². The normalized spacial score (nSPS) is 14.3. The summed E-state index contributed by atoms with van der Waals surface area (Å²) in [4.78, 5) is 0. The third-order valence-electron chi connectivity index (χ3n) is 2.52. The molecular weight excluding hydrogens is 310 g/mol. The van der Waals surface area contributed by atoms with E-state index in [1.54, 1.807) is 15.8 Å². The number of hydrogen-bond donors (Lipinski definition) is 0. The molecule has 1 rings (SSSR count). The Balaban J connectivity index is 3.15. The van der Waals surface area contributed by atoms with Crippen LogP contribution in [-0.2, 0) is 10.0 Å². The van der Waals surface area contributed by atoms with E-state index < -0.39 is 10.0 Å². The second kappa shape index (κ2) is 5.62. The van der Waals surface area contributed by atoms with Crippen molar-refractivity contribution in [1.29, 1.82) is 0 Å². The van der Waals surface area contributed by atoms with Gasteiger partial charge in [-0.25, -0.2) is 8.42 Å². The number of nitrogens with zero attached hydrogens (tertiary/aromatic N) is 1. The van der Waals surface area contributed by atoms with Gasteiger partial charge >= 0.3 is 0 Å². The third kappa shape index (κ3) is 2.67. The van der Waals surface area contributed by atoms with E-state index in [0.717, 1.165) is 6.42 Å². The number of rotatable bonds is 5. The first-order valence-corrected chi connectivity index (χ1v) is 8.31. The van der Waals surface area contributed by atoms with Crippen LogP contribution >= 0.6 is 27.3 Å². The molecule has 1 unspecified atom stereocenters. The van der Waals surface area contributed by atoms with Gasteiger partial charge in [0.25, 0.3) is 10.0 Å². The maximum atomic E-state index is 12.4. The summed E-state index contributed by atoms with van der Waals surface area (Å²) in [6, 6.07) is 1.80. The summed E-state index contributed by atoms with van der Waals surface area (Å²) in [5.41, 5.74) is 0. The number of thiophene rings is 1. The average Bonchev–Trinajstić information content (AvgIpc) is 2.65. The molecule has 0 saturated heterocycles. The van der Waals surface area contributed by atoms with Crippen molar-refractivity contribution < 1.29 is 8.42 Å². The van der Waals surface area contributed by atoms with E-state index in [0.29, 0.717) is 15.2 Å². The Morgan fingerprint density at radius 2 is 2.12 bits per heavy atom. The van der Waals surface area contributed by atoms with Gasteiger partial charge in [0.05, 0.1) is 0 Å². The molecule has 0 aliphatic heterocycles. The maximum absolute atomic E-state index is 12.4. The van der Waals surface area contributed by atoms with Crippen LogP contribution in [0, 0.1) is 0 Å². The highest BCUT2D eigenvalue weighted by molar-refractivity contribution is 9.10. The van der Waals surface area contributed by atoms with Gasteiger partial charge in [-0.15, -0.1) is 11.3 Å². The van der Waals surface area contributed by atoms with E-state index in [1.165, 1.54) is 11.3 Å². The molecule has 1 heterocycles. The van der Waals surface area contributed by atoms with Crippen molar-refractivity contribution in [3.63, 3.8) is 0 Å².